The summed E-state index contributed by atoms with van der Waals surface area (Å²) in [5.41, 5.74) is 2.94. The van der Waals surface area contributed by atoms with Crippen LogP contribution < -0.4 is 10.2 Å². The standard InChI is InChI=1S/C28H28N4O2S/c1-19(2)21-11-13-22(14-12-21)32-26(33)24-16-23(25-10-7-15-35-25)30-31(24)18-28(32,3)27(34)29-17-20-8-5-4-6-9-20/h4-16,19H,17-18H2,1-3H3,(H,29,34). The fraction of sp³-hybridized carbons (Fsp3) is 0.250. The van der Waals surface area contributed by atoms with Crippen molar-refractivity contribution < 1.29 is 9.59 Å². The lowest BCUT2D eigenvalue weighted by atomic mass is 9.93. The monoisotopic (exact) mass is 484 g/mol. The van der Waals surface area contributed by atoms with E-state index in [2.05, 4.69) is 19.2 Å². The Labute approximate surface area is 209 Å². The smallest absolute Gasteiger partial charge is 0.277 e. The minimum absolute atomic E-state index is 0.221. The molecule has 6 nitrogen and oxygen atoms in total. The molecule has 4 aromatic rings. The number of fused-ring (bicyclic) bond motifs is 1. The molecule has 178 valence electrons. The molecule has 0 radical (unpaired) electrons. The van der Waals surface area contributed by atoms with Crippen LogP contribution in [0.2, 0.25) is 0 Å². The van der Waals surface area contributed by atoms with Gasteiger partial charge in [-0.1, -0.05) is 62.4 Å². The number of hydrogen-bond donors (Lipinski definition) is 1. The second kappa shape index (κ2) is 9.15. The normalized spacial score (nSPS) is 17.5. The van der Waals surface area contributed by atoms with E-state index in [1.54, 1.807) is 20.9 Å². The number of amides is 2. The van der Waals surface area contributed by atoms with Gasteiger partial charge in [0.2, 0.25) is 5.91 Å². The second-order valence-corrected chi connectivity index (χ2v) is 10.3. The molecule has 0 saturated carbocycles. The number of carbonyl (C=O) groups excluding carboxylic acids is 2. The minimum atomic E-state index is -1.16. The Balaban J connectivity index is 1.54. The molecule has 7 heteroatoms. The van der Waals surface area contributed by atoms with Gasteiger partial charge in [-0.25, -0.2) is 0 Å². The summed E-state index contributed by atoms with van der Waals surface area (Å²) in [6.45, 7) is 6.72. The number of nitrogens with zero attached hydrogens (tertiary/aromatic N) is 3. The summed E-state index contributed by atoms with van der Waals surface area (Å²) in [6, 6.07) is 23.5. The van der Waals surface area contributed by atoms with Crippen LogP contribution in [0.3, 0.4) is 0 Å². The van der Waals surface area contributed by atoms with Gasteiger partial charge in [-0.2, -0.15) is 5.10 Å². The van der Waals surface area contributed by atoms with Gasteiger partial charge in [-0.3, -0.25) is 19.2 Å². The molecule has 2 amide bonds. The van der Waals surface area contributed by atoms with E-state index in [-0.39, 0.29) is 18.4 Å². The summed E-state index contributed by atoms with van der Waals surface area (Å²) >= 11 is 1.57. The Kier molecular flexibility index (Phi) is 6.03. The molecule has 35 heavy (non-hydrogen) atoms. The molecule has 1 N–H and O–H groups in total. The first-order valence-electron chi connectivity index (χ1n) is 11.8. The fourth-order valence-corrected chi connectivity index (χ4v) is 5.19. The van der Waals surface area contributed by atoms with E-state index < -0.39 is 5.54 Å². The van der Waals surface area contributed by atoms with Gasteiger partial charge in [0.25, 0.3) is 5.91 Å². The number of anilines is 1. The highest BCUT2D eigenvalue weighted by atomic mass is 32.1. The second-order valence-electron chi connectivity index (χ2n) is 9.38. The average molecular weight is 485 g/mol. The van der Waals surface area contributed by atoms with E-state index in [0.29, 0.717) is 23.8 Å². The fourth-order valence-electron chi connectivity index (χ4n) is 4.51. The third kappa shape index (κ3) is 4.28. The molecule has 0 fully saturated rings. The largest absolute Gasteiger partial charge is 0.350 e. The van der Waals surface area contributed by atoms with Gasteiger partial charge in [0.1, 0.15) is 16.9 Å². The molecule has 1 aliphatic heterocycles. The summed E-state index contributed by atoms with van der Waals surface area (Å²) in [5.74, 6) is -0.0841. The highest BCUT2D eigenvalue weighted by Gasteiger charge is 2.48. The van der Waals surface area contributed by atoms with Gasteiger partial charge >= 0.3 is 0 Å². The first-order valence-corrected chi connectivity index (χ1v) is 12.6. The number of carbonyl (C=O) groups is 2. The Bertz CT molecular complexity index is 1340. The first kappa shape index (κ1) is 23.1. The van der Waals surface area contributed by atoms with E-state index in [1.807, 2.05) is 85.1 Å². The maximum Gasteiger partial charge on any atom is 0.277 e. The van der Waals surface area contributed by atoms with E-state index >= 15 is 0 Å². The Hall–Kier alpha value is -3.71. The molecule has 2 aromatic carbocycles. The van der Waals surface area contributed by atoms with Crippen LogP contribution in [0.5, 0.6) is 0 Å². The van der Waals surface area contributed by atoms with Crippen molar-refractivity contribution in [1.82, 2.24) is 15.1 Å². The van der Waals surface area contributed by atoms with Crippen molar-refractivity contribution in [2.75, 3.05) is 4.90 Å². The first-order chi connectivity index (χ1) is 16.9. The van der Waals surface area contributed by atoms with Crippen molar-refractivity contribution in [3.63, 3.8) is 0 Å². The van der Waals surface area contributed by atoms with Crippen molar-refractivity contribution in [1.29, 1.82) is 0 Å². The Morgan fingerprint density at radius 3 is 2.49 bits per heavy atom. The summed E-state index contributed by atoms with van der Waals surface area (Å²) < 4.78 is 1.68. The van der Waals surface area contributed by atoms with Crippen LogP contribution in [0.4, 0.5) is 5.69 Å². The third-order valence-corrected chi connectivity index (χ3v) is 7.42. The van der Waals surface area contributed by atoms with Crippen molar-refractivity contribution >= 4 is 28.8 Å². The summed E-state index contributed by atoms with van der Waals surface area (Å²) in [5, 5.41) is 9.74. The van der Waals surface area contributed by atoms with Crippen LogP contribution in [0.1, 0.15) is 48.3 Å². The summed E-state index contributed by atoms with van der Waals surface area (Å²) in [7, 11) is 0. The number of hydrogen-bond acceptors (Lipinski definition) is 4. The third-order valence-electron chi connectivity index (χ3n) is 6.53. The lowest BCUT2D eigenvalue weighted by Crippen LogP contribution is -2.64. The summed E-state index contributed by atoms with van der Waals surface area (Å²) in [4.78, 5) is 30.2. The molecule has 0 spiro atoms. The Morgan fingerprint density at radius 1 is 1.09 bits per heavy atom. The number of aromatic nitrogens is 2. The molecule has 0 saturated heterocycles. The van der Waals surface area contributed by atoms with E-state index in [4.69, 9.17) is 5.10 Å². The molecular weight excluding hydrogens is 456 g/mol. The maximum absolute atomic E-state index is 13.9. The van der Waals surface area contributed by atoms with Gasteiger partial charge in [0.05, 0.1) is 11.4 Å². The van der Waals surface area contributed by atoms with Gasteiger partial charge < -0.3 is 5.32 Å². The topological polar surface area (TPSA) is 67.2 Å². The molecule has 1 unspecified atom stereocenters. The van der Waals surface area contributed by atoms with Crippen LogP contribution >= 0.6 is 11.3 Å². The number of benzene rings is 2. The predicted octanol–water partition coefficient (Wildman–Crippen LogP) is 5.47. The maximum atomic E-state index is 13.9. The predicted molar refractivity (Wildman–Crippen MR) is 140 cm³/mol. The van der Waals surface area contributed by atoms with Gasteiger partial charge in [-0.15, -0.1) is 11.3 Å². The van der Waals surface area contributed by atoms with Crippen molar-refractivity contribution in [3.8, 4) is 10.6 Å². The van der Waals surface area contributed by atoms with Gasteiger partial charge in [0, 0.05) is 12.2 Å². The van der Waals surface area contributed by atoms with Crippen molar-refractivity contribution in [3.05, 3.63) is 95.0 Å². The van der Waals surface area contributed by atoms with E-state index in [1.165, 1.54) is 5.56 Å². The lowest BCUT2D eigenvalue weighted by molar-refractivity contribution is -0.126. The van der Waals surface area contributed by atoms with E-state index in [9.17, 15) is 9.59 Å². The summed E-state index contributed by atoms with van der Waals surface area (Å²) in [6.07, 6.45) is 0. The quantitative estimate of drug-likeness (QED) is 0.395. The van der Waals surface area contributed by atoms with Crippen molar-refractivity contribution in [2.24, 2.45) is 0 Å². The number of thiophene rings is 1. The van der Waals surface area contributed by atoms with Crippen LogP contribution in [-0.4, -0.2) is 27.1 Å². The molecule has 5 rings (SSSR count). The van der Waals surface area contributed by atoms with Crippen LogP contribution in [-0.2, 0) is 17.9 Å². The number of rotatable bonds is 6. The zero-order valence-electron chi connectivity index (χ0n) is 20.1. The molecule has 2 aromatic heterocycles. The van der Waals surface area contributed by atoms with Gasteiger partial charge in [0.15, 0.2) is 0 Å². The van der Waals surface area contributed by atoms with Crippen LogP contribution in [0, 0.1) is 0 Å². The zero-order chi connectivity index (χ0) is 24.6. The Morgan fingerprint density at radius 2 is 1.83 bits per heavy atom. The average Bonchev–Trinajstić information content (AvgIpc) is 3.54. The van der Waals surface area contributed by atoms with Crippen molar-refractivity contribution in [2.45, 2.75) is 45.3 Å². The molecule has 3 heterocycles. The molecule has 1 aliphatic rings. The molecule has 1 atom stereocenters. The van der Waals surface area contributed by atoms with E-state index in [0.717, 1.165) is 16.1 Å². The highest BCUT2D eigenvalue weighted by molar-refractivity contribution is 7.13. The molecule has 0 bridgehead atoms. The molecule has 0 aliphatic carbocycles. The van der Waals surface area contributed by atoms with Gasteiger partial charge in [-0.05, 0) is 53.6 Å². The number of nitrogens with one attached hydrogen (secondary N) is 1. The SMILES string of the molecule is CC(C)c1ccc(N2C(=O)c3cc(-c4cccs4)nn3CC2(C)C(=O)NCc2ccccc2)cc1. The van der Waals surface area contributed by atoms with Crippen LogP contribution in [0.25, 0.3) is 10.6 Å². The van der Waals surface area contributed by atoms with Crippen LogP contribution in [0.15, 0.2) is 78.2 Å². The lowest BCUT2D eigenvalue weighted by Gasteiger charge is -2.43. The molecular formula is C28H28N4O2S. The highest BCUT2D eigenvalue weighted by Crippen LogP contribution is 2.35. The minimum Gasteiger partial charge on any atom is -0.350 e. The zero-order valence-corrected chi connectivity index (χ0v) is 20.9.